The van der Waals surface area contributed by atoms with Crippen LogP contribution < -0.4 is 0 Å². The summed E-state index contributed by atoms with van der Waals surface area (Å²) in [6.45, 7) is 10.6. The third kappa shape index (κ3) is 8.31. The van der Waals surface area contributed by atoms with Crippen molar-refractivity contribution in [2.24, 2.45) is 17.3 Å². The molecule has 1 aromatic rings. The Morgan fingerprint density at radius 3 is 2.49 bits per heavy atom. The van der Waals surface area contributed by atoms with Crippen molar-refractivity contribution in [3.63, 3.8) is 0 Å². The summed E-state index contributed by atoms with van der Waals surface area (Å²) in [5, 5.41) is 35.2. The van der Waals surface area contributed by atoms with Gasteiger partial charge in [0.05, 0.1) is 40.8 Å². The van der Waals surface area contributed by atoms with Crippen molar-refractivity contribution < 1.29 is 29.6 Å². The fourth-order valence-electron chi connectivity index (χ4n) is 4.48. The molecule has 0 saturated carbocycles. The summed E-state index contributed by atoms with van der Waals surface area (Å²) in [6.07, 6.45) is 0.534. The number of carbonyl (C=O) groups excluding carboxylic acids is 2. The van der Waals surface area contributed by atoms with Crippen molar-refractivity contribution in [3.05, 3.63) is 21.7 Å². The standard InChI is InChI=1S/C26H40INO6S/c1-14-8-7-9-20(29)19(27)11-21(15(2)10-18-13-35-17(4)28-18)34-23(31)12-22(30)26(5,6)25(33)16(3)24(14)32/h10,13-14,16,19-22,24,29-30,32H,7-9,11-12H2,1-6H3/b15-10+/t14?,16?,19?,20-,21?,22?,24+/m1/s1. The van der Waals surface area contributed by atoms with Crippen LogP contribution in [0, 0.1) is 24.2 Å². The number of hydrogen-bond donors (Lipinski definition) is 3. The quantitative estimate of drug-likeness (QED) is 0.253. The summed E-state index contributed by atoms with van der Waals surface area (Å²) >= 11 is 3.73. The first-order valence-electron chi connectivity index (χ1n) is 12.3. The summed E-state index contributed by atoms with van der Waals surface area (Å²) in [6, 6.07) is 0. The number of nitrogens with zero attached hydrogens (tertiary/aromatic N) is 1. The van der Waals surface area contributed by atoms with E-state index in [1.54, 1.807) is 20.8 Å². The van der Waals surface area contributed by atoms with Gasteiger partial charge in [-0.3, -0.25) is 9.59 Å². The molecule has 1 fully saturated rings. The molecule has 1 aliphatic rings. The number of hydrogen-bond acceptors (Lipinski definition) is 8. The summed E-state index contributed by atoms with van der Waals surface area (Å²) in [5.74, 6) is -1.74. The first kappa shape index (κ1) is 30.3. The molecule has 5 unspecified atom stereocenters. The van der Waals surface area contributed by atoms with Crippen LogP contribution in [0.2, 0.25) is 0 Å². The zero-order valence-electron chi connectivity index (χ0n) is 21.5. The average Bonchev–Trinajstić information content (AvgIpc) is 3.20. The smallest absolute Gasteiger partial charge is 0.309 e. The first-order valence-corrected chi connectivity index (χ1v) is 14.4. The highest BCUT2D eigenvalue weighted by atomic mass is 127. The predicted octanol–water partition coefficient (Wildman–Crippen LogP) is 4.48. The Hall–Kier alpha value is -0.880. The number of cyclic esters (lactones) is 1. The van der Waals surface area contributed by atoms with Crippen molar-refractivity contribution in [3.8, 4) is 0 Å². The molecule has 35 heavy (non-hydrogen) atoms. The molecular formula is C26H40INO6S. The van der Waals surface area contributed by atoms with Gasteiger partial charge >= 0.3 is 5.97 Å². The van der Waals surface area contributed by atoms with Crippen LogP contribution in [0.4, 0.5) is 0 Å². The van der Waals surface area contributed by atoms with Gasteiger partial charge < -0.3 is 20.1 Å². The molecule has 2 rings (SSSR count). The zero-order chi connectivity index (χ0) is 26.5. The van der Waals surface area contributed by atoms with Crippen LogP contribution >= 0.6 is 33.9 Å². The molecule has 0 aromatic carbocycles. The van der Waals surface area contributed by atoms with Gasteiger partial charge in [0.25, 0.3) is 0 Å². The molecule has 7 nitrogen and oxygen atoms in total. The fourth-order valence-corrected chi connectivity index (χ4v) is 5.87. The van der Waals surface area contributed by atoms with Gasteiger partial charge in [0.2, 0.25) is 0 Å². The Kier molecular flexibility index (Phi) is 11.3. The van der Waals surface area contributed by atoms with E-state index < -0.39 is 41.7 Å². The number of rotatable bonds is 2. The van der Waals surface area contributed by atoms with Gasteiger partial charge in [0.1, 0.15) is 11.9 Å². The van der Waals surface area contributed by atoms with Gasteiger partial charge in [-0.05, 0) is 44.3 Å². The third-order valence-electron chi connectivity index (χ3n) is 7.15. The van der Waals surface area contributed by atoms with Crippen LogP contribution in [0.5, 0.6) is 0 Å². The molecule has 0 aliphatic carbocycles. The first-order chi connectivity index (χ1) is 16.2. The number of aliphatic hydroxyl groups is 3. The SMILES string of the molecule is C/C(=C\c1csc(C)n1)C1CC(I)[C@H](O)CCCC(C)[C@H](O)C(C)C(=O)C(C)(C)C(O)CC(=O)O1. The lowest BCUT2D eigenvalue weighted by Gasteiger charge is -2.35. The monoisotopic (exact) mass is 621 g/mol. The minimum atomic E-state index is -1.26. The van der Waals surface area contributed by atoms with Gasteiger partial charge in [-0.1, -0.05) is 56.7 Å². The number of esters is 1. The highest BCUT2D eigenvalue weighted by Crippen LogP contribution is 2.33. The van der Waals surface area contributed by atoms with E-state index in [0.29, 0.717) is 25.7 Å². The second-order valence-corrected chi connectivity index (χ2v) is 13.1. The maximum absolute atomic E-state index is 13.2. The number of aliphatic hydroxyl groups excluding tert-OH is 3. The molecule has 1 saturated heterocycles. The van der Waals surface area contributed by atoms with E-state index >= 15 is 0 Å². The number of carbonyl (C=O) groups is 2. The minimum absolute atomic E-state index is 0.140. The molecule has 0 radical (unpaired) electrons. The lowest BCUT2D eigenvalue weighted by molar-refractivity contribution is -0.154. The van der Waals surface area contributed by atoms with Gasteiger partial charge in [0.15, 0.2) is 0 Å². The number of thiazole rings is 1. The molecule has 198 valence electrons. The molecule has 9 heteroatoms. The zero-order valence-corrected chi connectivity index (χ0v) is 24.5. The predicted molar refractivity (Wildman–Crippen MR) is 146 cm³/mol. The number of aryl methyl sites for hydroxylation is 1. The molecule has 0 amide bonds. The number of ketones is 1. The van der Waals surface area contributed by atoms with Crippen LogP contribution in [-0.2, 0) is 14.3 Å². The maximum atomic E-state index is 13.2. The van der Waals surface area contributed by atoms with Crippen LogP contribution in [-0.4, -0.2) is 60.4 Å². The Bertz CT molecular complexity index is 900. The highest BCUT2D eigenvalue weighted by molar-refractivity contribution is 14.1. The topological polar surface area (TPSA) is 117 Å². The fraction of sp³-hybridized carbons (Fsp3) is 0.731. The number of aromatic nitrogens is 1. The number of halogens is 1. The average molecular weight is 622 g/mol. The van der Waals surface area contributed by atoms with Crippen molar-refractivity contribution in [2.75, 3.05) is 0 Å². The van der Waals surface area contributed by atoms with Gasteiger partial charge in [-0.2, -0.15) is 0 Å². The van der Waals surface area contributed by atoms with Gasteiger partial charge in [-0.15, -0.1) is 11.3 Å². The van der Waals surface area contributed by atoms with E-state index in [-0.39, 0.29) is 22.0 Å². The van der Waals surface area contributed by atoms with E-state index in [1.165, 1.54) is 11.3 Å². The minimum Gasteiger partial charge on any atom is -0.458 e. The number of Topliss-reactive ketones (excluding diaryl/α,β-unsaturated/α-hetero) is 1. The Balaban J connectivity index is 2.33. The summed E-state index contributed by atoms with van der Waals surface area (Å²) < 4.78 is 5.64. The molecule has 0 bridgehead atoms. The molecule has 1 aliphatic heterocycles. The lowest BCUT2D eigenvalue weighted by Crippen LogP contribution is -2.45. The normalized spacial score (nSPS) is 34.5. The highest BCUT2D eigenvalue weighted by Gasteiger charge is 2.42. The van der Waals surface area contributed by atoms with E-state index in [2.05, 4.69) is 27.6 Å². The Labute approximate surface area is 226 Å². The van der Waals surface area contributed by atoms with Crippen molar-refractivity contribution >= 4 is 51.8 Å². The summed E-state index contributed by atoms with van der Waals surface area (Å²) in [4.78, 5) is 30.5. The largest absolute Gasteiger partial charge is 0.458 e. The van der Waals surface area contributed by atoms with Crippen molar-refractivity contribution in [1.29, 1.82) is 0 Å². The van der Waals surface area contributed by atoms with Gasteiger partial charge in [-0.25, -0.2) is 4.98 Å². The van der Waals surface area contributed by atoms with Gasteiger partial charge in [0, 0.05) is 21.6 Å². The van der Waals surface area contributed by atoms with Crippen LogP contribution in [0.1, 0.15) is 77.4 Å². The van der Waals surface area contributed by atoms with E-state index in [0.717, 1.165) is 16.3 Å². The molecule has 0 spiro atoms. The number of alkyl halides is 1. The van der Waals surface area contributed by atoms with Crippen molar-refractivity contribution in [2.45, 2.75) is 102 Å². The lowest BCUT2D eigenvalue weighted by atomic mass is 9.73. The van der Waals surface area contributed by atoms with Crippen LogP contribution in [0.15, 0.2) is 11.0 Å². The Morgan fingerprint density at radius 1 is 1.23 bits per heavy atom. The van der Waals surface area contributed by atoms with Crippen molar-refractivity contribution in [1.82, 2.24) is 4.98 Å². The molecule has 3 N–H and O–H groups in total. The van der Waals surface area contributed by atoms with E-state index in [9.17, 15) is 24.9 Å². The molecular weight excluding hydrogens is 581 g/mol. The second kappa shape index (κ2) is 13.1. The molecule has 1 aromatic heterocycles. The van der Waals surface area contributed by atoms with E-state index in [4.69, 9.17) is 4.74 Å². The Morgan fingerprint density at radius 2 is 1.89 bits per heavy atom. The summed E-state index contributed by atoms with van der Waals surface area (Å²) in [7, 11) is 0. The molecule has 2 heterocycles. The van der Waals surface area contributed by atoms with Crippen LogP contribution in [0.3, 0.4) is 0 Å². The second-order valence-electron chi connectivity index (χ2n) is 10.5. The maximum Gasteiger partial charge on any atom is 0.309 e. The van der Waals surface area contributed by atoms with E-state index in [1.807, 2.05) is 32.2 Å². The number of ether oxygens (including phenoxy) is 1. The molecule has 7 atom stereocenters. The van der Waals surface area contributed by atoms with Crippen LogP contribution in [0.25, 0.3) is 6.08 Å². The third-order valence-corrected chi connectivity index (χ3v) is 9.28. The summed E-state index contributed by atoms with van der Waals surface area (Å²) in [5.41, 5.74) is 0.359.